The first-order valence-corrected chi connectivity index (χ1v) is 5.75. The van der Waals surface area contributed by atoms with Gasteiger partial charge in [0.05, 0.1) is 9.74 Å². The number of nitrogens with zero attached hydrogens (tertiary/aromatic N) is 1. The summed E-state index contributed by atoms with van der Waals surface area (Å²) >= 11 is 2.28. The molecule has 0 saturated heterocycles. The highest BCUT2D eigenvalue weighted by atomic mass is 127. The van der Waals surface area contributed by atoms with Crippen molar-refractivity contribution in [3.05, 3.63) is 16.8 Å². The van der Waals surface area contributed by atoms with Crippen molar-refractivity contribution in [3.63, 3.8) is 0 Å². The smallest absolute Gasteiger partial charge is 0.140 e. The topological polar surface area (TPSA) is 45.2 Å². The average molecular weight is 306 g/mol. The summed E-state index contributed by atoms with van der Waals surface area (Å²) in [6.45, 7) is 7.73. The predicted molar refractivity (Wildman–Crippen MR) is 67.2 cm³/mol. The normalized spacial score (nSPS) is 12.6. The standard InChI is InChI=1S/C10H15IN2O/c1-5-6(2)10(13-8(4)11)12-7(3)9(5)14/h8,14H,1-4H3,(H,12,13). The molecule has 1 aromatic heterocycles. The van der Waals surface area contributed by atoms with Crippen LogP contribution in [0.15, 0.2) is 0 Å². The van der Waals surface area contributed by atoms with Gasteiger partial charge in [-0.1, -0.05) is 22.6 Å². The van der Waals surface area contributed by atoms with E-state index < -0.39 is 0 Å². The summed E-state index contributed by atoms with van der Waals surface area (Å²) in [6, 6.07) is 0. The second kappa shape index (κ2) is 4.33. The van der Waals surface area contributed by atoms with Crippen molar-refractivity contribution in [3.8, 4) is 5.75 Å². The lowest BCUT2D eigenvalue weighted by atomic mass is 10.1. The van der Waals surface area contributed by atoms with Gasteiger partial charge in [0, 0.05) is 0 Å². The van der Waals surface area contributed by atoms with Gasteiger partial charge in [0.25, 0.3) is 0 Å². The highest BCUT2D eigenvalue weighted by Crippen LogP contribution is 2.28. The zero-order valence-electron chi connectivity index (χ0n) is 8.85. The van der Waals surface area contributed by atoms with Crippen LogP contribution in [-0.4, -0.2) is 14.1 Å². The Labute approximate surface area is 98.1 Å². The molecule has 1 rings (SSSR count). The molecule has 0 aliphatic rings. The van der Waals surface area contributed by atoms with Gasteiger partial charge in [-0.25, -0.2) is 4.98 Å². The Morgan fingerprint density at radius 2 is 1.86 bits per heavy atom. The summed E-state index contributed by atoms with van der Waals surface area (Å²) < 4.78 is 0.321. The van der Waals surface area contributed by atoms with E-state index in [0.29, 0.717) is 15.5 Å². The Morgan fingerprint density at radius 1 is 1.29 bits per heavy atom. The number of pyridine rings is 1. The quantitative estimate of drug-likeness (QED) is 0.502. The Morgan fingerprint density at radius 3 is 2.36 bits per heavy atom. The van der Waals surface area contributed by atoms with Crippen molar-refractivity contribution in [1.82, 2.24) is 4.98 Å². The molecule has 4 heteroatoms. The van der Waals surface area contributed by atoms with E-state index >= 15 is 0 Å². The molecule has 1 heterocycles. The summed E-state index contributed by atoms with van der Waals surface area (Å²) in [7, 11) is 0. The summed E-state index contributed by atoms with van der Waals surface area (Å²) in [6.07, 6.45) is 0. The third-order valence-electron chi connectivity index (χ3n) is 2.23. The highest BCUT2D eigenvalue weighted by molar-refractivity contribution is 14.1. The number of nitrogens with one attached hydrogen (secondary N) is 1. The third kappa shape index (κ3) is 2.29. The molecule has 0 amide bonds. The van der Waals surface area contributed by atoms with Gasteiger partial charge in [0.15, 0.2) is 0 Å². The summed E-state index contributed by atoms with van der Waals surface area (Å²) in [4.78, 5) is 4.31. The number of aromatic nitrogens is 1. The number of hydrogen-bond donors (Lipinski definition) is 2. The van der Waals surface area contributed by atoms with Crippen LogP contribution in [0.4, 0.5) is 5.82 Å². The third-order valence-corrected chi connectivity index (χ3v) is 2.54. The van der Waals surface area contributed by atoms with Crippen molar-refractivity contribution >= 4 is 28.4 Å². The van der Waals surface area contributed by atoms with Gasteiger partial charge in [-0.2, -0.15) is 0 Å². The Kier molecular flexibility index (Phi) is 3.58. The molecule has 0 aliphatic heterocycles. The zero-order valence-corrected chi connectivity index (χ0v) is 11.0. The second-order valence-electron chi connectivity index (χ2n) is 3.40. The fraction of sp³-hybridized carbons (Fsp3) is 0.500. The molecule has 1 unspecified atom stereocenters. The molecule has 0 radical (unpaired) electrons. The molecule has 14 heavy (non-hydrogen) atoms. The summed E-state index contributed by atoms with van der Waals surface area (Å²) in [5.74, 6) is 1.16. The summed E-state index contributed by atoms with van der Waals surface area (Å²) in [5.41, 5.74) is 2.58. The van der Waals surface area contributed by atoms with Crippen LogP contribution in [0.1, 0.15) is 23.7 Å². The van der Waals surface area contributed by atoms with Gasteiger partial charge >= 0.3 is 0 Å². The van der Waals surface area contributed by atoms with Crippen LogP contribution < -0.4 is 5.32 Å². The molecule has 1 atom stereocenters. The maximum absolute atomic E-state index is 9.65. The molecule has 0 aliphatic carbocycles. The van der Waals surface area contributed by atoms with E-state index in [2.05, 4.69) is 39.8 Å². The second-order valence-corrected chi connectivity index (χ2v) is 5.27. The van der Waals surface area contributed by atoms with Gasteiger partial charge in [-0.3, -0.25) is 0 Å². The van der Waals surface area contributed by atoms with Crippen molar-refractivity contribution in [2.45, 2.75) is 31.7 Å². The van der Waals surface area contributed by atoms with E-state index in [9.17, 15) is 5.11 Å². The molecule has 0 fully saturated rings. The number of alkyl halides is 1. The van der Waals surface area contributed by atoms with Crippen LogP contribution in [0.3, 0.4) is 0 Å². The zero-order chi connectivity index (χ0) is 10.9. The van der Waals surface area contributed by atoms with E-state index in [1.54, 1.807) is 0 Å². The lowest BCUT2D eigenvalue weighted by Crippen LogP contribution is -2.10. The first kappa shape index (κ1) is 11.6. The van der Waals surface area contributed by atoms with Gasteiger partial charge in [-0.15, -0.1) is 0 Å². The number of rotatable bonds is 2. The van der Waals surface area contributed by atoms with Crippen LogP contribution >= 0.6 is 22.6 Å². The molecule has 0 bridgehead atoms. The molecule has 0 aromatic carbocycles. The number of aryl methyl sites for hydroxylation is 1. The van der Waals surface area contributed by atoms with E-state index in [0.717, 1.165) is 16.9 Å². The van der Waals surface area contributed by atoms with Crippen molar-refractivity contribution in [2.75, 3.05) is 5.32 Å². The lowest BCUT2D eigenvalue weighted by molar-refractivity contribution is 0.463. The first-order valence-electron chi connectivity index (χ1n) is 4.51. The fourth-order valence-corrected chi connectivity index (χ4v) is 1.55. The van der Waals surface area contributed by atoms with Gasteiger partial charge in [0.1, 0.15) is 11.6 Å². The Balaban J connectivity index is 3.19. The number of hydrogen-bond acceptors (Lipinski definition) is 3. The largest absolute Gasteiger partial charge is 0.506 e. The molecule has 0 spiro atoms. The molecule has 2 N–H and O–H groups in total. The highest BCUT2D eigenvalue weighted by Gasteiger charge is 2.11. The average Bonchev–Trinajstić information content (AvgIpc) is 2.10. The van der Waals surface area contributed by atoms with Crippen molar-refractivity contribution in [1.29, 1.82) is 0 Å². The van der Waals surface area contributed by atoms with E-state index in [1.807, 2.05) is 20.8 Å². The number of anilines is 1. The molecule has 1 aromatic rings. The fourth-order valence-electron chi connectivity index (χ4n) is 1.26. The van der Waals surface area contributed by atoms with Crippen LogP contribution in [0.2, 0.25) is 0 Å². The molecule has 3 nitrogen and oxygen atoms in total. The van der Waals surface area contributed by atoms with Gasteiger partial charge in [-0.05, 0) is 38.8 Å². The van der Waals surface area contributed by atoms with Crippen LogP contribution in [0, 0.1) is 20.8 Å². The van der Waals surface area contributed by atoms with Crippen molar-refractivity contribution in [2.24, 2.45) is 0 Å². The van der Waals surface area contributed by atoms with Gasteiger partial charge in [0.2, 0.25) is 0 Å². The molecular weight excluding hydrogens is 291 g/mol. The van der Waals surface area contributed by atoms with Crippen molar-refractivity contribution < 1.29 is 5.11 Å². The minimum Gasteiger partial charge on any atom is -0.506 e. The van der Waals surface area contributed by atoms with E-state index in [4.69, 9.17) is 0 Å². The Bertz CT molecular complexity index is 350. The summed E-state index contributed by atoms with van der Waals surface area (Å²) in [5, 5.41) is 12.9. The minimum absolute atomic E-state index is 0.300. The predicted octanol–water partition coefficient (Wildman–Crippen LogP) is 2.91. The maximum Gasteiger partial charge on any atom is 0.140 e. The maximum atomic E-state index is 9.65. The Hall–Kier alpha value is -0.520. The molecule has 0 saturated carbocycles. The number of aromatic hydroxyl groups is 1. The monoisotopic (exact) mass is 306 g/mol. The first-order chi connectivity index (χ1) is 6.43. The van der Waals surface area contributed by atoms with Gasteiger partial charge < -0.3 is 10.4 Å². The van der Waals surface area contributed by atoms with Crippen LogP contribution in [-0.2, 0) is 0 Å². The van der Waals surface area contributed by atoms with Crippen LogP contribution in [0.25, 0.3) is 0 Å². The van der Waals surface area contributed by atoms with E-state index in [1.165, 1.54) is 0 Å². The van der Waals surface area contributed by atoms with Crippen LogP contribution in [0.5, 0.6) is 5.75 Å². The van der Waals surface area contributed by atoms with E-state index in [-0.39, 0.29) is 0 Å². The minimum atomic E-state index is 0.300. The number of halogens is 1. The molecular formula is C10H15IN2O. The lowest BCUT2D eigenvalue weighted by Gasteiger charge is -2.14. The molecule has 78 valence electrons. The SMILES string of the molecule is Cc1nc(NC(C)I)c(C)c(C)c1O.